The molecule has 0 aliphatic rings. The number of nitrogens with two attached hydrogens (primary N) is 1. The molecule has 5 nitrogen and oxygen atoms in total. The quantitative estimate of drug-likeness (QED) is 0.376. The molecule has 0 bridgehead atoms. The summed E-state index contributed by atoms with van der Waals surface area (Å²) >= 11 is 11.8. The van der Waals surface area contributed by atoms with Gasteiger partial charge in [-0.15, -0.1) is 0 Å². The predicted molar refractivity (Wildman–Crippen MR) is 92.9 cm³/mol. The van der Waals surface area contributed by atoms with Crippen molar-refractivity contribution >= 4 is 45.8 Å². The van der Waals surface area contributed by atoms with Gasteiger partial charge in [-0.05, 0) is 36.4 Å². The molecule has 1 aromatic heterocycles. The number of fused-ring (bicyclic) bond motifs is 1. The van der Waals surface area contributed by atoms with E-state index in [2.05, 4.69) is 15.5 Å². The van der Waals surface area contributed by atoms with Crippen molar-refractivity contribution in [3.05, 3.63) is 69.6 Å². The van der Waals surface area contributed by atoms with Crippen LogP contribution in [0.1, 0.15) is 16.1 Å². The maximum Gasteiger partial charge on any atom is 0.287 e. The number of hydrogen-bond acceptors (Lipinski definition) is 2. The van der Waals surface area contributed by atoms with Crippen LogP contribution in [-0.2, 0) is 0 Å². The molecule has 0 aliphatic heterocycles. The lowest BCUT2D eigenvalue weighted by Crippen LogP contribution is -2.25. The smallest absolute Gasteiger partial charge is 0.287 e. The highest BCUT2D eigenvalue weighted by Gasteiger charge is 2.13. The second kappa shape index (κ2) is 6.51. The van der Waals surface area contributed by atoms with E-state index in [0.717, 1.165) is 10.9 Å². The van der Waals surface area contributed by atoms with Gasteiger partial charge in [-0.2, -0.15) is 5.10 Å². The minimum Gasteiger partial charge on any atom is -0.382 e. The first kappa shape index (κ1) is 16.3. The SMILES string of the molecule is N/C(=N\NC(=O)c1cc2cc(Cl)ccc2[nH]1)c1c(F)cccc1Cl. The molecule has 0 fully saturated rings. The highest BCUT2D eigenvalue weighted by molar-refractivity contribution is 6.34. The number of aromatic amines is 1. The molecule has 122 valence electrons. The van der Waals surface area contributed by atoms with Gasteiger partial charge in [0.1, 0.15) is 11.5 Å². The molecule has 3 aromatic rings. The average Bonchev–Trinajstić information content (AvgIpc) is 2.95. The summed E-state index contributed by atoms with van der Waals surface area (Å²) in [6.45, 7) is 0. The number of aromatic nitrogens is 1. The van der Waals surface area contributed by atoms with Crippen molar-refractivity contribution in [3.8, 4) is 0 Å². The first-order chi connectivity index (χ1) is 11.5. The third kappa shape index (κ3) is 3.20. The lowest BCUT2D eigenvalue weighted by atomic mass is 10.2. The van der Waals surface area contributed by atoms with Crippen LogP contribution < -0.4 is 11.2 Å². The summed E-state index contributed by atoms with van der Waals surface area (Å²) in [5.41, 5.74) is 8.91. The number of amides is 1. The summed E-state index contributed by atoms with van der Waals surface area (Å²) in [6.07, 6.45) is 0. The summed E-state index contributed by atoms with van der Waals surface area (Å²) in [6, 6.07) is 10.9. The fraction of sp³-hybridized carbons (Fsp3) is 0. The molecule has 0 saturated carbocycles. The van der Waals surface area contributed by atoms with Crippen LogP contribution in [-0.4, -0.2) is 16.7 Å². The molecule has 8 heteroatoms. The summed E-state index contributed by atoms with van der Waals surface area (Å²) in [5, 5.41) is 5.15. The molecular formula is C16H11Cl2FN4O. The highest BCUT2D eigenvalue weighted by Crippen LogP contribution is 2.20. The van der Waals surface area contributed by atoms with E-state index in [1.807, 2.05) is 0 Å². The van der Waals surface area contributed by atoms with Crippen molar-refractivity contribution in [3.63, 3.8) is 0 Å². The van der Waals surface area contributed by atoms with Gasteiger partial charge in [0, 0.05) is 15.9 Å². The standard InChI is InChI=1S/C16H11Cl2FN4O/c17-9-4-5-12-8(6-9)7-13(21-12)16(24)23-22-15(20)14-10(18)2-1-3-11(14)19/h1-7,21H,(H2,20,22)(H,23,24). The van der Waals surface area contributed by atoms with Crippen LogP contribution in [0, 0.1) is 5.82 Å². The van der Waals surface area contributed by atoms with Crippen LogP contribution >= 0.6 is 23.2 Å². The van der Waals surface area contributed by atoms with E-state index in [1.165, 1.54) is 18.2 Å². The maximum atomic E-state index is 13.7. The molecule has 0 atom stereocenters. The molecule has 0 radical (unpaired) electrons. The molecule has 3 rings (SSSR count). The van der Waals surface area contributed by atoms with Gasteiger partial charge in [0.05, 0.1) is 10.6 Å². The Morgan fingerprint density at radius 1 is 1.21 bits per heavy atom. The summed E-state index contributed by atoms with van der Waals surface area (Å²) < 4.78 is 13.7. The molecule has 1 amide bonds. The fourth-order valence-corrected chi connectivity index (χ4v) is 2.64. The Morgan fingerprint density at radius 3 is 2.75 bits per heavy atom. The fourth-order valence-electron chi connectivity index (χ4n) is 2.20. The Bertz CT molecular complexity index is 948. The first-order valence-corrected chi connectivity index (χ1v) is 7.57. The third-order valence-corrected chi connectivity index (χ3v) is 3.87. The number of amidine groups is 1. The molecular weight excluding hydrogens is 354 g/mol. The predicted octanol–water partition coefficient (Wildman–Crippen LogP) is 3.66. The van der Waals surface area contributed by atoms with Crippen LogP contribution in [0.5, 0.6) is 0 Å². The van der Waals surface area contributed by atoms with Gasteiger partial charge in [-0.25, -0.2) is 9.82 Å². The minimum atomic E-state index is -0.627. The van der Waals surface area contributed by atoms with E-state index in [4.69, 9.17) is 28.9 Å². The lowest BCUT2D eigenvalue weighted by Gasteiger charge is -2.05. The summed E-state index contributed by atoms with van der Waals surface area (Å²) in [5.74, 6) is -1.39. The zero-order valence-corrected chi connectivity index (χ0v) is 13.6. The monoisotopic (exact) mass is 364 g/mol. The number of H-pyrrole nitrogens is 1. The van der Waals surface area contributed by atoms with Crippen LogP contribution in [0.4, 0.5) is 4.39 Å². The maximum absolute atomic E-state index is 13.7. The zero-order valence-electron chi connectivity index (χ0n) is 12.1. The van der Waals surface area contributed by atoms with Crippen molar-refractivity contribution in [1.82, 2.24) is 10.4 Å². The molecule has 0 aliphatic carbocycles. The van der Waals surface area contributed by atoms with E-state index >= 15 is 0 Å². The van der Waals surface area contributed by atoms with Crippen LogP contribution in [0.15, 0.2) is 47.6 Å². The molecule has 0 saturated heterocycles. The Kier molecular flexibility index (Phi) is 4.42. The number of rotatable bonds is 3. The van der Waals surface area contributed by atoms with E-state index in [0.29, 0.717) is 5.02 Å². The Hall–Kier alpha value is -2.57. The van der Waals surface area contributed by atoms with Gasteiger partial charge in [-0.3, -0.25) is 4.79 Å². The molecule has 24 heavy (non-hydrogen) atoms. The number of benzene rings is 2. The second-order valence-electron chi connectivity index (χ2n) is 4.95. The van der Waals surface area contributed by atoms with Crippen molar-refractivity contribution in [1.29, 1.82) is 0 Å². The van der Waals surface area contributed by atoms with E-state index in [-0.39, 0.29) is 22.1 Å². The van der Waals surface area contributed by atoms with E-state index in [1.54, 1.807) is 24.3 Å². The first-order valence-electron chi connectivity index (χ1n) is 6.82. The minimum absolute atomic E-state index is 0.0668. The number of hydrogen-bond donors (Lipinski definition) is 3. The number of hydrazone groups is 1. The molecule has 1 heterocycles. The van der Waals surface area contributed by atoms with Crippen LogP contribution in [0.25, 0.3) is 10.9 Å². The number of nitrogens with zero attached hydrogens (tertiary/aromatic N) is 1. The molecule has 0 spiro atoms. The van der Waals surface area contributed by atoms with Crippen LogP contribution in [0.3, 0.4) is 0 Å². The largest absolute Gasteiger partial charge is 0.382 e. The average molecular weight is 365 g/mol. The van der Waals surface area contributed by atoms with E-state index in [9.17, 15) is 9.18 Å². The number of carbonyl (C=O) groups excluding carboxylic acids is 1. The third-order valence-electron chi connectivity index (χ3n) is 3.32. The van der Waals surface area contributed by atoms with Gasteiger partial charge in [0.2, 0.25) is 0 Å². The number of carbonyl (C=O) groups is 1. The van der Waals surface area contributed by atoms with Gasteiger partial charge in [0.25, 0.3) is 5.91 Å². The Labute approximate surface area is 146 Å². The van der Waals surface area contributed by atoms with Gasteiger partial charge < -0.3 is 10.7 Å². The molecule has 4 N–H and O–H groups in total. The number of halogens is 3. The van der Waals surface area contributed by atoms with Gasteiger partial charge in [0.15, 0.2) is 5.84 Å². The van der Waals surface area contributed by atoms with Crippen molar-refractivity contribution in [2.24, 2.45) is 10.8 Å². The molecule has 2 aromatic carbocycles. The van der Waals surface area contributed by atoms with Crippen LogP contribution in [0.2, 0.25) is 10.0 Å². The second-order valence-corrected chi connectivity index (χ2v) is 5.79. The van der Waals surface area contributed by atoms with Crippen molar-refractivity contribution < 1.29 is 9.18 Å². The topological polar surface area (TPSA) is 83.3 Å². The van der Waals surface area contributed by atoms with Gasteiger partial charge >= 0.3 is 0 Å². The van der Waals surface area contributed by atoms with E-state index < -0.39 is 11.7 Å². The Balaban J connectivity index is 1.83. The van der Waals surface area contributed by atoms with Gasteiger partial charge in [-0.1, -0.05) is 29.3 Å². The highest BCUT2D eigenvalue weighted by atomic mass is 35.5. The lowest BCUT2D eigenvalue weighted by molar-refractivity contribution is 0.0950. The zero-order chi connectivity index (χ0) is 17.3. The number of nitrogens with one attached hydrogen (secondary N) is 2. The summed E-state index contributed by atoms with van der Waals surface area (Å²) in [4.78, 5) is 15.1. The summed E-state index contributed by atoms with van der Waals surface area (Å²) in [7, 11) is 0. The Morgan fingerprint density at radius 2 is 2.00 bits per heavy atom. The normalized spacial score (nSPS) is 11.7. The van der Waals surface area contributed by atoms with Crippen molar-refractivity contribution in [2.75, 3.05) is 0 Å². The molecule has 0 unspecified atom stereocenters. The van der Waals surface area contributed by atoms with Crippen molar-refractivity contribution in [2.45, 2.75) is 0 Å².